The van der Waals surface area contributed by atoms with Gasteiger partial charge in [0.05, 0.1) is 10.6 Å². The second-order valence-corrected chi connectivity index (χ2v) is 6.26. The van der Waals surface area contributed by atoms with Crippen LogP contribution in [0.4, 0.5) is 8.78 Å². The summed E-state index contributed by atoms with van der Waals surface area (Å²) in [7, 11) is 0. The summed E-state index contributed by atoms with van der Waals surface area (Å²) in [5, 5.41) is 9.41. The fraction of sp³-hybridized carbons (Fsp3) is 0.200. The van der Waals surface area contributed by atoms with Gasteiger partial charge < -0.3 is 5.11 Å². The molecule has 0 radical (unpaired) electrons. The van der Waals surface area contributed by atoms with Crippen LogP contribution < -0.4 is 0 Å². The maximum absolute atomic E-state index is 13.8. The molecule has 0 heterocycles. The maximum Gasteiger partial charge on any atom is 0.144 e. The number of thioether (sulfide) groups is 1. The van der Waals surface area contributed by atoms with Crippen LogP contribution >= 0.6 is 27.7 Å². The molecule has 0 aliphatic heterocycles. The summed E-state index contributed by atoms with van der Waals surface area (Å²) in [5.41, 5.74) is 0.873. The van der Waals surface area contributed by atoms with Gasteiger partial charge in [0.15, 0.2) is 0 Å². The fourth-order valence-electron chi connectivity index (χ4n) is 1.70. The van der Waals surface area contributed by atoms with Gasteiger partial charge in [-0.1, -0.05) is 12.1 Å². The van der Waals surface area contributed by atoms with Crippen molar-refractivity contribution in [2.75, 3.05) is 0 Å². The van der Waals surface area contributed by atoms with Crippen LogP contribution in [-0.4, -0.2) is 5.11 Å². The lowest BCUT2D eigenvalue weighted by Crippen LogP contribution is -1.95. The maximum atomic E-state index is 13.8. The number of aliphatic hydroxyl groups is 1. The molecule has 0 amide bonds. The third-order valence-corrected chi connectivity index (χ3v) is 4.54. The van der Waals surface area contributed by atoms with Gasteiger partial charge in [-0.2, -0.15) is 0 Å². The monoisotopic (exact) mass is 358 g/mol. The molecule has 20 heavy (non-hydrogen) atoms. The van der Waals surface area contributed by atoms with E-state index in [4.69, 9.17) is 0 Å². The first-order chi connectivity index (χ1) is 9.49. The van der Waals surface area contributed by atoms with E-state index in [-0.39, 0.29) is 15.8 Å². The van der Waals surface area contributed by atoms with E-state index < -0.39 is 17.7 Å². The fourth-order valence-corrected chi connectivity index (χ4v) is 2.98. The van der Waals surface area contributed by atoms with Crippen molar-refractivity contribution in [1.82, 2.24) is 0 Å². The van der Waals surface area contributed by atoms with Gasteiger partial charge in [0.2, 0.25) is 0 Å². The molecule has 1 unspecified atom stereocenters. The van der Waals surface area contributed by atoms with Gasteiger partial charge in [-0.05, 0) is 52.7 Å². The number of aliphatic hydroxyl groups excluding tert-OH is 1. The van der Waals surface area contributed by atoms with Crippen molar-refractivity contribution < 1.29 is 13.9 Å². The van der Waals surface area contributed by atoms with E-state index in [1.807, 2.05) is 12.1 Å². The third-order valence-electron chi connectivity index (χ3n) is 2.88. The van der Waals surface area contributed by atoms with Crippen LogP contribution in [-0.2, 0) is 5.75 Å². The predicted octanol–water partition coefficient (Wildman–Crippen LogP) is 5.07. The van der Waals surface area contributed by atoms with Crippen LogP contribution in [0.5, 0.6) is 0 Å². The first-order valence-electron chi connectivity index (χ1n) is 6.02. The van der Waals surface area contributed by atoms with Gasteiger partial charge in [0.25, 0.3) is 0 Å². The van der Waals surface area contributed by atoms with Crippen molar-refractivity contribution >= 4 is 27.7 Å². The highest BCUT2D eigenvalue weighted by Gasteiger charge is 2.12. The SMILES string of the molecule is CC(O)c1ccc(SCc2c(F)ccc(Br)c2F)cc1. The topological polar surface area (TPSA) is 20.2 Å². The number of benzene rings is 2. The van der Waals surface area contributed by atoms with Crippen LogP contribution in [0, 0.1) is 11.6 Å². The number of hydrogen-bond acceptors (Lipinski definition) is 2. The average Bonchev–Trinajstić information content (AvgIpc) is 2.43. The quantitative estimate of drug-likeness (QED) is 0.607. The van der Waals surface area contributed by atoms with E-state index in [9.17, 15) is 13.9 Å². The van der Waals surface area contributed by atoms with Crippen LogP contribution in [0.2, 0.25) is 0 Å². The first kappa shape index (κ1) is 15.5. The highest BCUT2D eigenvalue weighted by atomic mass is 79.9. The third kappa shape index (κ3) is 3.59. The summed E-state index contributed by atoms with van der Waals surface area (Å²) in [6.45, 7) is 1.69. The summed E-state index contributed by atoms with van der Waals surface area (Å²) in [6.07, 6.45) is -0.519. The van der Waals surface area contributed by atoms with Crippen molar-refractivity contribution in [3.8, 4) is 0 Å². The van der Waals surface area contributed by atoms with E-state index in [2.05, 4.69) is 15.9 Å². The molecular weight excluding hydrogens is 346 g/mol. The Labute approximate surface area is 129 Å². The second-order valence-electron chi connectivity index (χ2n) is 4.36. The Morgan fingerprint density at radius 3 is 2.40 bits per heavy atom. The van der Waals surface area contributed by atoms with Crippen molar-refractivity contribution in [3.63, 3.8) is 0 Å². The van der Waals surface area contributed by atoms with Crippen molar-refractivity contribution in [3.05, 3.63) is 63.6 Å². The van der Waals surface area contributed by atoms with Gasteiger partial charge in [-0.25, -0.2) is 8.78 Å². The lowest BCUT2D eigenvalue weighted by molar-refractivity contribution is 0.199. The number of rotatable bonds is 4. The number of halogens is 3. The lowest BCUT2D eigenvalue weighted by atomic mass is 10.1. The smallest absolute Gasteiger partial charge is 0.144 e. The molecule has 1 atom stereocenters. The Morgan fingerprint density at radius 2 is 1.80 bits per heavy atom. The molecule has 0 saturated heterocycles. The van der Waals surface area contributed by atoms with E-state index in [0.29, 0.717) is 0 Å². The zero-order valence-electron chi connectivity index (χ0n) is 10.7. The molecule has 0 aliphatic carbocycles. The van der Waals surface area contributed by atoms with Gasteiger partial charge in [0.1, 0.15) is 11.6 Å². The van der Waals surface area contributed by atoms with Crippen LogP contribution in [0.1, 0.15) is 24.2 Å². The van der Waals surface area contributed by atoms with Crippen LogP contribution in [0.25, 0.3) is 0 Å². The van der Waals surface area contributed by atoms with E-state index in [1.54, 1.807) is 19.1 Å². The normalized spacial score (nSPS) is 12.4. The lowest BCUT2D eigenvalue weighted by Gasteiger charge is -2.08. The molecule has 1 N–H and O–H groups in total. The Balaban J connectivity index is 2.11. The number of hydrogen-bond donors (Lipinski definition) is 1. The first-order valence-corrected chi connectivity index (χ1v) is 7.80. The van der Waals surface area contributed by atoms with Crippen LogP contribution in [0.3, 0.4) is 0 Å². The minimum absolute atomic E-state index is 0.0592. The van der Waals surface area contributed by atoms with Gasteiger partial charge in [-0.15, -0.1) is 11.8 Å². The summed E-state index contributed by atoms with van der Waals surface area (Å²) in [6, 6.07) is 9.89. The van der Waals surface area contributed by atoms with Gasteiger partial charge in [-0.3, -0.25) is 0 Å². The molecule has 0 fully saturated rings. The Bertz CT molecular complexity index is 600. The average molecular weight is 359 g/mol. The minimum atomic E-state index is -0.557. The molecule has 2 rings (SSSR count). The van der Waals surface area contributed by atoms with Crippen molar-refractivity contribution in [2.45, 2.75) is 23.7 Å². The van der Waals surface area contributed by atoms with E-state index >= 15 is 0 Å². The molecule has 0 aliphatic rings. The highest BCUT2D eigenvalue weighted by molar-refractivity contribution is 9.10. The van der Waals surface area contributed by atoms with Crippen molar-refractivity contribution in [1.29, 1.82) is 0 Å². The highest BCUT2D eigenvalue weighted by Crippen LogP contribution is 2.29. The summed E-state index contributed by atoms with van der Waals surface area (Å²) < 4.78 is 27.7. The Morgan fingerprint density at radius 1 is 1.15 bits per heavy atom. The van der Waals surface area contributed by atoms with Gasteiger partial charge >= 0.3 is 0 Å². The standard InChI is InChI=1S/C15H13BrF2OS/c1-9(19)10-2-4-11(5-3-10)20-8-12-14(17)7-6-13(16)15(12)18/h2-7,9,19H,8H2,1H3. The summed E-state index contributed by atoms with van der Waals surface area (Å²) >= 11 is 4.40. The molecule has 0 aromatic heterocycles. The molecule has 2 aromatic carbocycles. The summed E-state index contributed by atoms with van der Waals surface area (Å²) in [4.78, 5) is 0.896. The Kier molecular flexibility index (Phi) is 5.18. The summed E-state index contributed by atoms with van der Waals surface area (Å²) in [5.74, 6) is -0.887. The molecule has 2 aromatic rings. The van der Waals surface area contributed by atoms with Crippen molar-refractivity contribution in [2.24, 2.45) is 0 Å². The molecule has 0 saturated carbocycles. The molecule has 0 spiro atoms. The van der Waals surface area contributed by atoms with Crippen LogP contribution in [0.15, 0.2) is 45.8 Å². The minimum Gasteiger partial charge on any atom is -0.389 e. The molecule has 1 nitrogen and oxygen atoms in total. The van der Waals surface area contributed by atoms with Gasteiger partial charge in [0, 0.05) is 16.2 Å². The Hall–Kier alpha value is -0.910. The zero-order chi connectivity index (χ0) is 14.7. The van der Waals surface area contributed by atoms with E-state index in [0.717, 1.165) is 10.5 Å². The second kappa shape index (κ2) is 6.70. The molecular formula is C15H13BrF2OS. The van der Waals surface area contributed by atoms with E-state index in [1.165, 1.54) is 23.9 Å². The molecule has 5 heteroatoms. The molecule has 0 bridgehead atoms. The molecule has 106 valence electrons. The zero-order valence-corrected chi connectivity index (χ0v) is 13.1. The predicted molar refractivity (Wildman–Crippen MR) is 80.7 cm³/mol. The largest absolute Gasteiger partial charge is 0.389 e.